The largest absolute Gasteiger partial charge is 0.474 e. The van der Waals surface area contributed by atoms with Crippen molar-refractivity contribution in [1.29, 1.82) is 0 Å². The highest BCUT2D eigenvalue weighted by molar-refractivity contribution is 7.80. The quantitative estimate of drug-likeness (QED) is 0.849. The van der Waals surface area contributed by atoms with Gasteiger partial charge in [0.15, 0.2) is 0 Å². The zero-order valence-corrected chi connectivity index (χ0v) is 11.6. The molecule has 4 heteroatoms. The van der Waals surface area contributed by atoms with Gasteiger partial charge in [0.1, 0.15) is 11.1 Å². The van der Waals surface area contributed by atoms with Gasteiger partial charge in [0, 0.05) is 17.8 Å². The molecule has 2 unspecified atom stereocenters. The number of hydrogen-bond donors (Lipinski definition) is 1. The maximum atomic E-state index is 6.02. The third kappa shape index (κ3) is 3.19. The zero-order valence-electron chi connectivity index (χ0n) is 10.8. The Hall–Kier alpha value is -1.16. The molecule has 2 rings (SSSR count). The van der Waals surface area contributed by atoms with Gasteiger partial charge in [-0.2, -0.15) is 0 Å². The summed E-state index contributed by atoms with van der Waals surface area (Å²) in [5, 5.41) is 0. The summed E-state index contributed by atoms with van der Waals surface area (Å²) in [4.78, 5) is 4.63. The van der Waals surface area contributed by atoms with Gasteiger partial charge in [0.2, 0.25) is 5.88 Å². The summed E-state index contributed by atoms with van der Waals surface area (Å²) >= 11 is 4.97. The SMILES string of the molecule is CCC1CCCCC1Oc1cc(C(N)=S)ccn1. The second-order valence-corrected chi connectivity index (χ2v) is 5.30. The van der Waals surface area contributed by atoms with Crippen molar-refractivity contribution < 1.29 is 4.74 Å². The molecule has 98 valence electrons. The lowest BCUT2D eigenvalue weighted by atomic mass is 9.85. The van der Waals surface area contributed by atoms with Gasteiger partial charge in [-0.1, -0.05) is 25.6 Å². The van der Waals surface area contributed by atoms with Crippen molar-refractivity contribution in [3.63, 3.8) is 0 Å². The molecule has 1 saturated carbocycles. The minimum atomic E-state index is 0.290. The van der Waals surface area contributed by atoms with Gasteiger partial charge >= 0.3 is 0 Å². The molecule has 0 spiro atoms. The van der Waals surface area contributed by atoms with Crippen LogP contribution >= 0.6 is 12.2 Å². The minimum absolute atomic E-state index is 0.290. The van der Waals surface area contributed by atoms with E-state index in [4.69, 9.17) is 22.7 Å². The van der Waals surface area contributed by atoms with Gasteiger partial charge in [-0.15, -0.1) is 0 Å². The Bertz CT molecular complexity index is 422. The number of rotatable bonds is 4. The van der Waals surface area contributed by atoms with Crippen LogP contribution in [0.2, 0.25) is 0 Å². The number of ether oxygens (including phenoxy) is 1. The van der Waals surface area contributed by atoms with E-state index in [1.807, 2.05) is 12.1 Å². The predicted octanol–water partition coefficient (Wildman–Crippen LogP) is 3.06. The van der Waals surface area contributed by atoms with Crippen molar-refractivity contribution in [2.45, 2.75) is 45.1 Å². The highest BCUT2D eigenvalue weighted by Gasteiger charge is 2.25. The lowest BCUT2D eigenvalue weighted by Crippen LogP contribution is -2.30. The van der Waals surface area contributed by atoms with Crippen LogP contribution in [0.3, 0.4) is 0 Å². The summed E-state index contributed by atoms with van der Waals surface area (Å²) in [6.45, 7) is 2.23. The van der Waals surface area contributed by atoms with E-state index >= 15 is 0 Å². The molecule has 3 nitrogen and oxygen atoms in total. The first kappa shape index (κ1) is 13.3. The molecule has 0 amide bonds. The summed E-state index contributed by atoms with van der Waals surface area (Å²) in [7, 11) is 0. The van der Waals surface area contributed by atoms with Gasteiger partial charge in [0.05, 0.1) is 0 Å². The molecule has 1 aromatic heterocycles. The predicted molar refractivity (Wildman–Crippen MR) is 76.8 cm³/mol. The molecule has 0 saturated heterocycles. The average molecular weight is 264 g/mol. The normalized spacial score (nSPS) is 23.6. The van der Waals surface area contributed by atoms with E-state index in [9.17, 15) is 0 Å². The molecular weight excluding hydrogens is 244 g/mol. The Morgan fingerprint density at radius 1 is 1.50 bits per heavy atom. The second kappa shape index (κ2) is 6.14. The van der Waals surface area contributed by atoms with Crippen LogP contribution in [-0.4, -0.2) is 16.1 Å². The third-order valence-corrected chi connectivity index (χ3v) is 3.89. The smallest absolute Gasteiger partial charge is 0.214 e. The molecular formula is C14H20N2OS. The van der Waals surface area contributed by atoms with Crippen LogP contribution in [0.5, 0.6) is 5.88 Å². The van der Waals surface area contributed by atoms with Crippen molar-refractivity contribution in [2.75, 3.05) is 0 Å². The molecule has 0 radical (unpaired) electrons. The van der Waals surface area contributed by atoms with Crippen LogP contribution in [0.4, 0.5) is 0 Å². The van der Waals surface area contributed by atoms with E-state index < -0.39 is 0 Å². The number of pyridine rings is 1. The van der Waals surface area contributed by atoms with Gasteiger partial charge in [-0.3, -0.25) is 0 Å². The average Bonchev–Trinajstić information content (AvgIpc) is 2.39. The summed E-state index contributed by atoms with van der Waals surface area (Å²) in [5.41, 5.74) is 6.44. The number of hydrogen-bond acceptors (Lipinski definition) is 3. The monoisotopic (exact) mass is 264 g/mol. The molecule has 2 atom stereocenters. The molecule has 1 aliphatic carbocycles. The summed E-state index contributed by atoms with van der Waals surface area (Å²) in [6, 6.07) is 3.65. The van der Waals surface area contributed by atoms with E-state index in [0.29, 0.717) is 16.8 Å². The molecule has 1 fully saturated rings. The van der Waals surface area contributed by atoms with E-state index in [1.54, 1.807) is 6.20 Å². The molecule has 2 N–H and O–H groups in total. The topological polar surface area (TPSA) is 48.1 Å². The molecule has 0 bridgehead atoms. The first-order valence-electron chi connectivity index (χ1n) is 6.63. The Balaban J connectivity index is 2.07. The Kier molecular flexibility index (Phi) is 4.53. The molecule has 1 aromatic rings. The van der Waals surface area contributed by atoms with Crippen LogP contribution < -0.4 is 10.5 Å². The van der Waals surface area contributed by atoms with Crippen molar-refractivity contribution >= 4 is 17.2 Å². The van der Waals surface area contributed by atoms with Crippen LogP contribution in [0.15, 0.2) is 18.3 Å². The van der Waals surface area contributed by atoms with Crippen LogP contribution in [0, 0.1) is 5.92 Å². The van der Waals surface area contributed by atoms with E-state index in [2.05, 4.69) is 11.9 Å². The third-order valence-electron chi connectivity index (χ3n) is 3.66. The highest BCUT2D eigenvalue weighted by Crippen LogP contribution is 2.29. The number of nitrogens with zero attached hydrogens (tertiary/aromatic N) is 1. The first-order chi connectivity index (χ1) is 8.70. The lowest BCUT2D eigenvalue weighted by Gasteiger charge is -2.30. The molecule has 0 aliphatic heterocycles. The van der Waals surface area contributed by atoms with Crippen molar-refractivity contribution in [3.8, 4) is 5.88 Å². The summed E-state index contributed by atoms with van der Waals surface area (Å²) in [5.74, 6) is 1.29. The van der Waals surface area contributed by atoms with Gasteiger partial charge < -0.3 is 10.5 Å². The number of thiocarbonyl (C=S) groups is 1. The van der Waals surface area contributed by atoms with E-state index in [0.717, 1.165) is 12.0 Å². The number of aromatic nitrogens is 1. The van der Waals surface area contributed by atoms with Crippen LogP contribution in [0.1, 0.15) is 44.6 Å². The fourth-order valence-electron chi connectivity index (χ4n) is 2.58. The van der Waals surface area contributed by atoms with E-state index in [1.165, 1.54) is 25.7 Å². The van der Waals surface area contributed by atoms with Gasteiger partial charge in [-0.25, -0.2) is 4.98 Å². The van der Waals surface area contributed by atoms with Crippen LogP contribution in [0.25, 0.3) is 0 Å². The Morgan fingerprint density at radius 3 is 3.00 bits per heavy atom. The maximum Gasteiger partial charge on any atom is 0.214 e. The lowest BCUT2D eigenvalue weighted by molar-refractivity contribution is 0.0858. The highest BCUT2D eigenvalue weighted by atomic mass is 32.1. The van der Waals surface area contributed by atoms with Gasteiger partial charge in [0.25, 0.3) is 0 Å². The number of nitrogens with two attached hydrogens (primary N) is 1. The minimum Gasteiger partial charge on any atom is -0.474 e. The maximum absolute atomic E-state index is 6.02. The summed E-state index contributed by atoms with van der Waals surface area (Å²) in [6.07, 6.45) is 8.10. The molecule has 1 heterocycles. The molecule has 1 aliphatic rings. The van der Waals surface area contributed by atoms with E-state index in [-0.39, 0.29) is 6.10 Å². The Labute approximate surface area is 114 Å². The van der Waals surface area contributed by atoms with Crippen molar-refractivity contribution in [1.82, 2.24) is 4.98 Å². The first-order valence-corrected chi connectivity index (χ1v) is 7.04. The fraction of sp³-hybridized carbons (Fsp3) is 0.571. The fourth-order valence-corrected chi connectivity index (χ4v) is 2.71. The molecule has 18 heavy (non-hydrogen) atoms. The van der Waals surface area contributed by atoms with Crippen molar-refractivity contribution in [2.24, 2.45) is 11.7 Å². The second-order valence-electron chi connectivity index (χ2n) is 4.86. The summed E-state index contributed by atoms with van der Waals surface area (Å²) < 4.78 is 6.02. The Morgan fingerprint density at radius 2 is 2.28 bits per heavy atom. The van der Waals surface area contributed by atoms with Gasteiger partial charge in [-0.05, 0) is 37.7 Å². The van der Waals surface area contributed by atoms with Crippen molar-refractivity contribution in [3.05, 3.63) is 23.9 Å². The zero-order chi connectivity index (χ0) is 13.0. The molecule has 0 aromatic carbocycles. The standard InChI is InChI=1S/C14H20N2OS/c1-2-10-5-3-4-6-12(10)17-13-9-11(14(15)18)7-8-16-13/h7-10,12H,2-6H2,1H3,(H2,15,18). The van der Waals surface area contributed by atoms with Crippen LogP contribution in [-0.2, 0) is 0 Å².